The molecule has 0 radical (unpaired) electrons. The Morgan fingerprint density at radius 1 is 1.14 bits per heavy atom. The van der Waals surface area contributed by atoms with Crippen LogP contribution in [0.5, 0.6) is 0 Å². The molecule has 3 heteroatoms. The van der Waals surface area contributed by atoms with Gasteiger partial charge < -0.3 is 9.84 Å². The first kappa shape index (κ1) is 19.2. The van der Waals surface area contributed by atoms with Gasteiger partial charge in [0.1, 0.15) is 6.10 Å². The summed E-state index contributed by atoms with van der Waals surface area (Å²) in [6.07, 6.45) is 14.5. The molecule has 22 heavy (non-hydrogen) atoms. The lowest BCUT2D eigenvalue weighted by Crippen LogP contribution is -2.26. The maximum atomic E-state index is 11.5. The highest BCUT2D eigenvalue weighted by molar-refractivity contribution is 5.91. The Kier molecular flexibility index (Phi) is 10.2. The Morgan fingerprint density at radius 2 is 1.73 bits per heavy atom. The molecule has 0 saturated carbocycles. The summed E-state index contributed by atoms with van der Waals surface area (Å²) in [5.41, 5.74) is 0. The molecule has 1 aliphatic heterocycles. The second kappa shape index (κ2) is 11.7. The van der Waals surface area contributed by atoms with Crippen LogP contribution in [-0.4, -0.2) is 23.1 Å². The Hall–Kier alpha value is -0.830. The number of ketones is 1. The van der Waals surface area contributed by atoms with E-state index in [9.17, 15) is 9.90 Å². The molecule has 0 aliphatic carbocycles. The van der Waals surface area contributed by atoms with Crippen LogP contribution in [0.3, 0.4) is 0 Å². The van der Waals surface area contributed by atoms with Gasteiger partial charge in [-0.05, 0) is 13.3 Å². The largest absolute Gasteiger partial charge is 0.494 e. The van der Waals surface area contributed by atoms with Crippen molar-refractivity contribution in [2.24, 2.45) is 0 Å². The van der Waals surface area contributed by atoms with E-state index >= 15 is 0 Å². The molecule has 3 nitrogen and oxygen atoms in total. The average Bonchev–Trinajstić information content (AvgIpc) is 2.44. The number of aliphatic hydroxyl groups is 1. The number of ether oxygens (including phenoxy) is 1. The van der Waals surface area contributed by atoms with E-state index in [0.717, 1.165) is 12.8 Å². The van der Waals surface area contributed by atoms with E-state index in [1.807, 2.05) is 0 Å². The minimum absolute atomic E-state index is 0.115. The molecule has 0 unspecified atom stereocenters. The highest BCUT2D eigenvalue weighted by atomic mass is 16.5. The second-order valence-electron chi connectivity index (χ2n) is 6.67. The van der Waals surface area contributed by atoms with Gasteiger partial charge in [-0.1, -0.05) is 64.7 Å². The molecule has 0 aromatic carbocycles. The summed E-state index contributed by atoms with van der Waals surface area (Å²) >= 11 is 0. The van der Waals surface area contributed by atoms with Gasteiger partial charge in [0.15, 0.2) is 5.78 Å². The van der Waals surface area contributed by atoms with Crippen LogP contribution in [0.25, 0.3) is 0 Å². The highest BCUT2D eigenvalue weighted by Gasteiger charge is 2.22. The predicted molar refractivity (Wildman–Crippen MR) is 90.7 cm³/mol. The van der Waals surface area contributed by atoms with Gasteiger partial charge in [0.05, 0.1) is 11.9 Å². The van der Waals surface area contributed by atoms with Crippen molar-refractivity contribution in [1.82, 2.24) is 0 Å². The molecular weight excluding hydrogens is 276 g/mol. The molecular formula is C19H34O3. The number of rotatable bonds is 12. The van der Waals surface area contributed by atoms with E-state index in [0.29, 0.717) is 18.6 Å². The zero-order valence-electron chi connectivity index (χ0n) is 14.5. The normalized spacial score (nSPS) is 19.7. The van der Waals surface area contributed by atoms with E-state index in [4.69, 9.17) is 4.74 Å². The van der Waals surface area contributed by atoms with Gasteiger partial charge >= 0.3 is 0 Å². The van der Waals surface area contributed by atoms with Gasteiger partial charge in [-0.15, -0.1) is 0 Å². The van der Waals surface area contributed by atoms with E-state index in [-0.39, 0.29) is 18.0 Å². The summed E-state index contributed by atoms with van der Waals surface area (Å²) in [6.45, 7) is 4.05. The fourth-order valence-electron chi connectivity index (χ4n) is 3.09. The summed E-state index contributed by atoms with van der Waals surface area (Å²) in [5, 5.41) is 10.1. The molecule has 0 aromatic heterocycles. The van der Waals surface area contributed by atoms with E-state index < -0.39 is 0 Å². The van der Waals surface area contributed by atoms with E-state index in [2.05, 4.69) is 6.92 Å². The van der Waals surface area contributed by atoms with Gasteiger partial charge in [0.2, 0.25) is 0 Å². The van der Waals surface area contributed by atoms with Crippen molar-refractivity contribution in [2.75, 3.05) is 0 Å². The maximum Gasteiger partial charge on any atom is 0.162 e. The Morgan fingerprint density at radius 3 is 2.32 bits per heavy atom. The lowest BCUT2D eigenvalue weighted by atomic mass is 9.99. The molecule has 1 rings (SSSR count). The standard InChI is InChI=1S/C19H34O3/c1-3-4-5-6-7-8-9-10-11-12-17(20)14-19-15-18(21)13-16(2)22-19/h13,17,19-20H,3-12,14-15H2,1-2H3/t17-,19-/m0/s1. The zero-order chi connectivity index (χ0) is 16.2. The van der Waals surface area contributed by atoms with Crippen molar-refractivity contribution in [3.63, 3.8) is 0 Å². The van der Waals surface area contributed by atoms with Gasteiger partial charge in [0, 0.05) is 18.9 Å². The van der Waals surface area contributed by atoms with E-state index in [1.54, 1.807) is 13.0 Å². The Balaban J connectivity index is 1.96. The van der Waals surface area contributed by atoms with Crippen LogP contribution in [0.2, 0.25) is 0 Å². The molecule has 1 heterocycles. The first-order valence-electron chi connectivity index (χ1n) is 9.17. The van der Waals surface area contributed by atoms with Gasteiger partial charge in [-0.3, -0.25) is 4.79 Å². The summed E-state index contributed by atoms with van der Waals surface area (Å²) in [7, 11) is 0. The van der Waals surface area contributed by atoms with Crippen LogP contribution in [0, 0.1) is 0 Å². The fraction of sp³-hybridized carbons (Fsp3) is 0.842. The van der Waals surface area contributed by atoms with Crippen LogP contribution >= 0.6 is 0 Å². The molecule has 2 atom stereocenters. The number of hydrogen-bond acceptors (Lipinski definition) is 3. The van der Waals surface area contributed by atoms with Crippen molar-refractivity contribution in [1.29, 1.82) is 0 Å². The van der Waals surface area contributed by atoms with Crippen LogP contribution in [0.4, 0.5) is 0 Å². The van der Waals surface area contributed by atoms with Gasteiger partial charge in [-0.25, -0.2) is 0 Å². The number of aliphatic hydroxyl groups excluding tert-OH is 1. The zero-order valence-corrected chi connectivity index (χ0v) is 14.5. The molecule has 128 valence electrons. The summed E-state index contributed by atoms with van der Waals surface area (Å²) in [6, 6.07) is 0. The highest BCUT2D eigenvalue weighted by Crippen LogP contribution is 2.20. The molecule has 0 fully saturated rings. The molecule has 0 saturated heterocycles. The Bertz CT molecular complexity index is 336. The van der Waals surface area contributed by atoms with Crippen molar-refractivity contribution >= 4 is 5.78 Å². The van der Waals surface area contributed by atoms with Crippen LogP contribution in [0.1, 0.15) is 90.9 Å². The van der Waals surface area contributed by atoms with Crippen LogP contribution < -0.4 is 0 Å². The third-order valence-corrected chi connectivity index (χ3v) is 4.32. The molecule has 1 N–H and O–H groups in total. The average molecular weight is 310 g/mol. The first-order chi connectivity index (χ1) is 10.6. The van der Waals surface area contributed by atoms with E-state index in [1.165, 1.54) is 51.4 Å². The minimum atomic E-state index is -0.340. The number of hydrogen-bond donors (Lipinski definition) is 1. The molecule has 0 bridgehead atoms. The third kappa shape index (κ3) is 9.24. The predicted octanol–water partition coefficient (Wildman–Crippen LogP) is 4.92. The molecule has 1 aliphatic rings. The maximum absolute atomic E-state index is 11.5. The lowest BCUT2D eigenvalue weighted by Gasteiger charge is -2.24. The third-order valence-electron chi connectivity index (χ3n) is 4.32. The summed E-state index contributed by atoms with van der Waals surface area (Å²) < 4.78 is 5.60. The summed E-state index contributed by atoms with van der Waals surface area (Å²) in [5.74, 6) is 0.792. The quantitative estimate of drug-likeness (QED) is 0.520. The number of unbranched alkanes of at least 4 members (excludes halogenated alkanes) is 8. The van der Waals surface area contributed by atoms with Gasteiger partial charge in [-0.2, -0.15) is 0 Å². The van der Waals surface area contributed by atoms with Crippen molar-refractivity contribution in [3.05, 3.63) is 11.8 Å². The van der Waals surface area contributed by atoms with Crippen LogP contribution in [-0.2, 0) is 9.53 Å². The first-order valence-corrected chi connectivity index (χ1v) is 9.17. The smallest absolute Gasteiger partial charge is 0.162 e. The van der Waals surface area contributed by atoms with Crippen molar-refractivity contribution in [2.45, 2.75) is 103 Å². The number of allylic oxidation sites excluding steroid dienone is 2. The van der Waals surface area contributed by atoms with Crippen molar-refractivity contribution in [3.8, 4) is 0 Å². The van der Waals surface area contributed by atoms with Crippen LogP contribution in [0.15, 0.2) is 11.8 Å². The van der Waals surface area contributed by atoms with Gasteiger partial charge in [0.25, 0.3) is 0 Å². The molecule has 0 amide bonds. The second-order valence-corrected chi connectivity index (χ2v) is 6.67. The fourth-order valence-corrected chi connectivity index (χ4v) is 3.09. The molecule has 0 spiro atoms. The summed E-state index contributed by atoms with van der Waals surface area (Å²) in [4.78, 5) is 11.5. The number of carbonyl (C=O) groups is 1. The number of carbonyl (C=O) groups excluding carboxylic acids is 1. The monoisotopic (exact) mass is 310 g/mol. The minimum Gasteiger partial charge on any atom is -0.494 e. The lowest BCUT2D eigenvalue weighted by molar-refractivity contribution is -0.119. The Labute approximate surface area is 136 Å². The molecule has 0 aromatic rings. The topological polar surface area (TPSA) is 46.5 Å². The van der Waals surface area contributed by atoms with Crippen molar-refractivity contribution < 1.29 is 14.6 Å². The SMILES string of the molecule is CCCCCCCCCCC[C@H](O)C[C@H]1CC(=O)C=C(C)O1.